The van der Waals surface area contributed by atoms with Crippen molar-refractivity contribution in [2.45, 2.75) is 0 Å². The maximum atomic E-state index is 13.1. The Hall–Kier alpha value is -1.28. The summed E-state index contributed by atoms with van der Waals surface area (Å²) in [6.45, 7) is 0. The summed E-state index contributed by atoms with van der Waals surface area (Å²) in [4.78, 5) is 0. The van der Waals surface area contributed by atoms with Crippen molar-refractivity contribution < 1.29 is 4.39 Å². The molecule has 0 fully saturated rings. The van der Waals surface area contributed by atoms with Crippen LogP contribution in [0.25, 0.3) is 0 Å². The minimum Gasteiger partial charge on any atom is -0.352 e. The van der Waals surface area contributed by atoms with Gasteiger partial charge in [0.05, 0.1) is 27.0 Å². The lowest BCUT2D eigenvalue weighted by Gasteiger charge is -2.12. The van der Waals surface area contributed by atoms with Crippen LogP contribution in [0, 0.1) is 17.1 Å². The molecule has 19 heavy (non-hydrogen) atoms. The second-order valence-corrected chi connectivity index (χ2v) is 5.40. The average molecular weight is 360 g/mol. The predicted octanol–water partition coefficient (Wildman–Crippen LogP) is 5.51. The lowest BCUT2D eigenvalue weighted by atomic mass is 10.2. The van der Waals surface area contributed by atoms with Crippen molar-refractivity contribution in [1.29, 1.82) is 5.26 Å². The predicted molar refractivity (Wildman–Crippen MR) is 78.6 cm³/mol. The molecule has 2 nitrogen and oxygen atoms in total. The number of nitriles is 1. The van der Waals surface area contributed by atoms with Crippen LogP contribution in [0.5, 0.6) is 0 Å². The zero-order chi connectivity index (χ0) is 14.0. The Kier molecular flexibility index (Phi) is 4.31. The van der Waals surface area contributed by atoms with Gasteiger partial charge in [-0.15, -0.1) is 0 Å². The van der Waals surface area contributed by atoms with Crippen molar-refractivity contribution in [3.05, 3.63) is 56.2 Å². The first-order valence-corrected chi connectivity index (χ1v) is 6.67. The van der Waals surface area contributed by atoms with Crippen LogP contribution in [-0.2, 0) is 0 Å². The summed E-state index contributed by atoms with van der Waals surface area (Å²) in [7, 11) is 0. The fourth-order valence-corrected chi connectivity index (χ4v) is 2.43. The molecule has 0 unspecified atom stereocenters. The number of benzene rings is 2. The van der Waals surface area contributed by atoms with Gasteiger partial charge in [0, 0.05) is 4.47 Å². The van der Waals surface area contributed by atoms with Crippen LogP contribution in [-0.4, -0.2) is 0 Å². The highest BCUT2D eigenvalue weighted by Crippen LogP contribution is 2.35. The molecule has 0 atom stereocenters. The molecule has 0 aromatic heterocycles. The van der Waals surface area contributed by atoms with Crippen LogP contribution in [0.4, 0.5) is 15.8 Å². The number of nitrogens with one attached hydrogen (secondary N) is 1. The smallest absolute Gasteiger partial charge is 0.126 e. The van der Waals surface area contributed by atoms with Crippen LogP contribution >= 0.6 is 39.1 Å². The van der Waals surface area contributed by atoms with Crippen molar-refractivity contribution >= 4 is 50.5 Å². The third-order valence-corrected chi connectivity index (χ3v) is 3.46. The molecule has 0 aliphatic carbocycles. The van der Waals surface area contributed by atoms with Crippen LogP contribution in [0.15, 0.2) is 34.8 Å². The Labute approximate surface area is 127 Å². The number of hydrogen-bond acceptors (Lipinski definition) is 2. The van der Waals surface area contributed by atoms with E-state index in [1.807, 2.05) is 0 Å². The number of anilines is 2. The van der Waals surface area contributed by atoms with E-state index in [2.05, 4.69) is 27.3 Å². The van der Waals surface area contributed by atoms with Gasteiger partial charge < -0.3 is 5.32 Å². The first kappa shape index (κ1) is 14.1. The minimum absolute atomic E-state index is 0.150. The Morgan fingerprint density at radius 1 is 1.16 bits per heavy atom. The van der Waals surface area contributed by atoms with Crippen molar-refractivity contribution in [2.75, 3.05) is 5.32 Å². The number of hydrogen-bond donors (Lipinski definition) is 1. The number of halogens is 4. The van der Waals surface area contributed by atoms with Gasteiger partial charge in [-0.3, -0.25) is 0 Å². The Bertz CT molecular complexity index is 660. The fourth-order valence-electron chi connectivity index (χ4n) is 1.51. The molecule has 0 amide bonds. The largest absolute Gasteiger partial charge is 0.352 e. The second-order valence-electron chi connectivity index (χ2n) is 3.67. The molecule has 2 aromatic rings. The minimum atomic E-state index is -0.517. The number of nitrogens with zero attached hydrogens (tertiary/aromatic N) is 1. The molecular formula is C13H6BrCl2FN2. The molecular weight excluding hydrogens is 354 g/mol. The summed E-state index contributed by atoms with van der Waals surface area (Å²) in [6.07, 6.45) is 0. The summed E-state index contributed by atoms with van der Waals surface area (Å²) in [5.41, 5.74) is 1.33. The quantitative estimate of drug-likeness (QED) is 0.767. The van der Waals surface area contributed by atoms with Gasteiger partial charge in [0.1, 0.15) is 11.9 Å². The second kappa shape index (κ2) is 5.79. The molecule has 96 valence electrons. The van der Waals surface area contributed by atoms with Crippen molar-refractivity contribution in [3.8, 4) is 6.07 Å². The van der Waals surface area contributed by atoms with E-state index in [4.69, 9.17) is 28.5 Å². The molecule has 0 bridgehead atoms. The molecule has 0 aliphatic rings. The maximum absolute atomic E-state index is 13.1. The van der Waals surface area contributed by atoms with Gasteiger partial charge >= 0.3 is 0 Å². The van der Waals surface area contributed by atoms with Gasteiger partial charge in [0.25, 0.3) is 0 Å². The van der Waals surface area contributed by atoms with E-state index in [1.54, 1.807) is 18.2 Å². The molecule has 0 heterocycles. The molecule has 1 N–H and O–H groups in total. The Morgan fingerprint density at radius 3 is 2.37 bits per heavy atom. The monoisotopic (exact) mass is 358 g/mol. The zero-order valence-electron chi connectivity index (χ0n) is 9.35. The zero-order valence-corrected chi connectivity index (χ0v) is 12.4. The highest BCUT2D eigenvalue weighted by atomic mass is 79.9. The summed E-state index contributed by atoms with van der Waals surface area (Å²) in [6, 6.07) is 9.50. The van der Waals surface area contributed by atoms with E-state index in [1.165, 1.54) is 0 Å². The molecule has 2 aromatic carbocycles. The van der Waals surface area contributed by atoms with E-state index in [-0.39, 0.29) is 10.0 Å². The fraction of sp³-hybridized carbons (Fsp3) is 0. The van der Waals surface area contributed by atoms with Gasteiger partial charge in [0.15, 0.2) is 0 Å². The van der Waals surface area contributed by atoms with E-state index in [0.29, 0.717) is 16.9 Å². The van der Waals surface area contributed by atoms with Crippen LogP contribution in [0.1, 0.15) is 5.56 Å². The lowest BCUT2D eigenvalue weighted by molar-refractivity contribution is 0.628. The molecule has 0 saturated carbocycles. The third kappa shape index (κ3) is 3.19. The van der Waals surface area contributed by atoms with Crippen LogP contribution in [0.3, 0.4) is 0 Å². The third-order valence-electron chi connectivity index (χ3n) is 2.37. The van der Waals surface area contributed by atoms with Crippen molar-refractivity contribution in [1.82, 2.24) is 0 Å². The normalized spacial score (nSPS) is 10.1. The standard InChI is InChI=1S/C13H6BrCl2FN2/c14-8-1-2-12(7(3-8)6-18)19-13-10(15)4-9(17)5-11(13)16/h1-5,19H. The van der Waals surface area contributed by atoms with Crippen LogP contribution < -0.4 is 5.32 Å². The average Bonchev–Trinajstić information content (AvgIpc) is 2.35. The molecule has 6 heteroatoms. The Balaban J connectivity index is 2.45. The molecule has 0 spiro atoms. The first-order valence-electron chi connectivity index (χ1n) is 5.12. The topological polar surface area (TPSA) is 35.8 Å². The van der Waals surface area contributed by atoms with E-state index in [9.17, 15) is 4.39 Å². The molecule has 0 radical (unpaired) electrons. The van der Waals surface area contributed by atoms with Gasteiger partial charge in [0.2, 0.25) is 0 Å². The molecule has 2 rings (SSSR count). The first-order chi connectivity index (χ1) is 9.01. The summed E-state index contributed by atoms with van der Waals surface area (Å²) in [5, 5.41) is 12.3. The van der Waals surface area contributed by atoms with Gasteiger partial charge in [-0.25, -0.2) is 4.39 Å². The summed E-state index contributed by atoms with van der Waals surface area (Å²) < 4.78 is 13.9. The molecule has 0 aliphatic heterocycles. The van der Waals surface area contributed by atoms with Gasteiger partial charge in [-0.05, 0) is 30.3 Å². The Morgan fingerprint density at radius 2 is 1.79 bits per heavy atom. The lowest BCUT2D eigenvalue weighted by Crippen LogP contribution is -1.96. The van der Waals surface area contributed by atoms with Gasteiger partial charge in [-0.1, -0.05) is 39.1 Å². The SMILES string of the molecule is N#Cc1cc(Br)ccc1Nc1c(Cl)cc(F)cc1Cl. The number of rotatable bonds is 2. The van der Waals surface area contributed by atoms with Crippen LogP contribution in [0.2, 0.25) is 10.0 Å². The van der Waals surface area contributed by atoms with E-state index < -0.39 is 5.82 Å². The van der Waals surface area contributed by atoms with E-state index in [0.717, 1.165) is 16.6 Å². The highest BCUT2D eigenvalue weighted by molar-refractivity contribution is 9.10. The molecule has 0 saturated heterocycles. The van der Waals surface area contributed by atoms with Gasteiger partial charge in [-0.2, -0.15) is 5.26 Å². The van der Waals surface area contributed by atoms with E-state index >= 15 is 0 Å². The summed E-state index contributed by atoms with van der Waals surface area (Å²) in [5.74, 6) is -0.517. The van der Waals surface area contributed by atoms with Crippen molar-refractivity contribution in [3.63, 3.8) is 0 Å². The maximum Gasteiger partial charge on any atom is 0.126 e. The van der Waals surface area contributed by atoms with Crippen molar-refractivity contribution in [2.24, 2.45) is 0 Å². The highest BCUT2D eigenvalue weighted by Gasteiger charge is 2.11. The summed E-state index contributed by atoms with van der Waals surface area (Å²) >= 11 is 15.1.